The van der Waals surface area contributed by atoms with Crippen molar-refractivity contribution in [3.63, 3.8) is 0 Å². The van der Waals surface area contributed by atoms with Crippen LogP contribution >= 0.6 is 0 Å². The number of phenols is 1. The van der Waals surface area contributed by atoms with Crippen molar-refractivity contribution in [2.24, 2.45) is 0 Å². The minimum atomic E-state index is -0.0494. The zero-order valence-electron chi connectivity index (χ0n) is 19.1. The molecule has 0 spiro atoms. The Balaban J connectivity index is 2.38. The van der Waals surface area contributed by atoms with Crippen LogP contribution in [0.2, 0.25) is 0 Å². The Morgan fingerprint density at radius 2 is 1.41 bits per heavy atom. The number of hydrogen-bond acceptors (Lipinski definition) is 2. The fourth-order valence-electron chi connectivity index (χ4n) is 4.00. The highest BCUT2D eigenvalue weighted by Gasteiger charge is 2.21. The van der Waals surface area contributed by atoms with E-state index in [0.29, 0.717) is 5.56 Å². The number of hydrogen-bond donors (Lipinski definition) is 1. The fourth-order valence-corrected chi connectivity index (χ4v) is 4.00. The smallest absolute Gasteiger partial charge is 0.257 e. The molecular formula is C26H37NO2. The summed E-state index contributed by atoms with van der Waals surface area (Å²) in [5, 5.41) is 10.7. The van der Waals surface area contributed by atoms with Gasteiger partial charge in [-0.3, -0.25) is 4.79 Å². The highest BCUT2D eigenvalue weighted by Crippen LogP contribution is 2.28. The molecule has 0 fully saturated rings. The first-order chi connectivity index (χ1) is 13.8. The van der Waals surface area contributed by atoms with Crippen LogP contribution in [0.1, 0.15) is 83.3 Å². The molecule has 2 rings (SSSR count). The van der Waals surface area contributed by atoms with Crippen LogP contribution < -0.4 is 0 Å². The Hall–Kier alpha value is -2.29. The molecule has 0 unspecified atom stereocenters. The van der Waals surface area contributed by atoms with Crippen LogP contribution in [0.4, 0.5) is 0 Å². The molecule has 29 heavy (non-hydrogen) atoms. The molecule has 0 aliphatic carbocycles. The topological polar surface area (TPSA) is 40.5 Å². The molecule has 0 radical (unpaired) electrons. The Morgan fingerprint density at radius 1 is 0.862 bits per heavy atom. The summed E-state index contributed by atoms with van der Waals surface area (Å²) < 4.78 is 0. The number of unbranched alkanes of at least 4 members (excludes halogenated alkanes) is 2. The maximum atomic E-state index is 13.3. The second-order valence-electron chi connectivity index (χ2n) is 8.36. The highest BCUT2D eigenvalue weighted by molar-refractivity contribution is 5.97. The first-order valence-corrected chi connectivity index (χ1v) is 11.0. The molecule has 0 aromatic heterocycles. The normalized spacial score (nSPS) is 11.0. The van der Waals surface area contributed by atoms with Crippen molar-refractivity contribution in [1.82, 2.24) is 4.90 Å². The molecular weight excluding hydrogens is 358 g/mol. The molecule has 3 nitrogen and oxygen atoms in total. The monoisotopic (exact) mass is 395 g/mol. The molecule has 3 heteroatoms. The van der Waals surface area contributed by atoms with Gasteiger partial charge in [0.2, 0.25) is 0 Å². The summed E-state index contributed by atoms with van der Waals surface area (Å²) in [5.74, 6) is 0.0702. The van der Waals surface area contributed by atoms with Crippen LogP contribution in [-0.4, -0.2) is 29.0 Å². The molecule has 0 bridgehead atoms. The van der Waals surface area contributed by atoms with Gasteiger partial charge in [-0.1, -0.05) is 50.5 Å². The summed E-state index contributed by atoms with van der Waals surface area (Å²) >= 11 is 0. The van der Waals surface area contributed by atoms with E-state index in [1.165, 1.54) is 22.3 Å². The van der Waals surface area contributed by atoms with Crippen molar-refractivity contribution in [1.29, 1.82) is 0 Å². The summed E-state index contributed by atoms with van der Waals surface area (Å²) in [6, 6.07) is 8.32. The minimum absolute atomic E-state index is 0.0494. The highest BCUT2D eigenvalue weighted by atomic mass is 16.3. The molecule has 2 aromatic carbocycles. The number of rotatable bonds is 9. The summed E-state index contributed by atoms with van der Waals surface area (Å²) in [6.07, 6.45) is 4.83. The summed E-state index contributed by atoms with van der Waals surface area (Å²) in [5.41, 5.74) is 7.39. The van der Waals surface area contributed by atoms with E-state index in [1.807, 2.05) is 24.0 Å². The van der Waals surface area contributed by atoms with Gasteiger partial charge >= 0.3 is 0 Å². The lowest BCUT2D eigenvalue weighted by Gasteiger charge is -2.24. The first kappa shape index (κ1) is 23.0. The number of aryl methyl sites for hydroxylation is 4. The number of amides is 1. The van der Waals surface area contributed by atoms with Gasteiger partial charge in [0.1, 0.15) is 5.75 Å². The molecule has 1 amide bonds. The quantitative estimate of drug-likeness (QED) is 0.544. The van der Waals surface area contributed by atoms with E-state index < -0.39 is 0 Å². The number of nitrogens with zero attached hydrogens (tertiary/aromatic N) is 1. The van der Waals surface area contributed by atoms with Crippen LogP contribution in [0, 0.1) is 27.7 Å². The molecule has 0 aliphatic heterocycles. The lowest BCUT2D eigenvalue weighted by atomic mass is 9.92. The zero-order valence-corrected chi connectivity index (χ0v) is 19.1. The first-order valence-electron chi connectivity index (χ1n) is 11.0. The van der Waals surface area contributed by atoms with Crippen molar-refractivity contribution in [2.45, 2.75) is 73.6 Å². The number of phenolic OH excluding ortho intramolecular Hbond substituents is 1. The van der Waals surface area contributed by atoms with E-state index in [0.717, 1.165) is 56.3 Å². The van der Waals surface area contributed by atoms with Gasteiger partial charge < -0.3 is 10.0 Å². The number of carbonyl (C=O) groups excluding carboxylic acids is 1. The lowest BCUT2D eigenvalue weighted by Crippen LogP contribution is -2.33. The van der Waals surface area contributed by atoms with Gasteiger partial charge in [0, 0.05) is 13.1 Å². The van der Waals surface area contributed by atoms with E-state index in [1.54, 1.807) is 0 Å². The summed E-state index contributed by atoms with van der Waals surface area (Å²) in [6.45, 7) is 14.0. The van der Waals surface area contributed by atoms with Gasteiger partial charge in [0.05, 0.1) is 5.56 Å². The third kappa shape index (κ3) is 5.85. The molecule has 0 heterocycles. The maximum absolute atomic E-state index is 13.3. The van der Waals surface area contributed by atoms with Crippen molar-refractivity contribution in [2.75, 3.05) is 13.1 Å². The molecule has 0 aliphatic rings. The van der Waals surface area contributed by atoms with Crippen molar-refractivity contribution in [3.05, 3.63) is 63.2 Å². The summed E-state index contributed by atoms with van der Waals surface area (Å²) in [7, 11) is 0. The number of carbonyl (C=O) groups is 1. The Labute approximate surface area is 176 Å². The largest absolute Gasteiger partial charge is 0.507 e. The standard InChI is InChI=1S/C26H37NO2/c1-7-9-11-27(12-10-8-2)26(29)24-17-22(15-21(6)25(24)28)16-23-19(4)13-18(3)14-20(23)5/h13-15,17,28H,7-12,16H2,1-6H3. The SMILES string of the molecule is CCCCN(CCCC)C(=O)c1cc(Cc2c(C)cc(C)cc2C)cc(C)c1O. The average molecular weight is 396 g/mol. The molecule has 0 saturated heterocycles. The predicted molar refractivity (Wildman–Crippen MR) is 122 cm³/mol. The van der Waals surface area contributed by atoms with E-state index in [4.69, 9.17) is 0 Å². The van der Waals surface area contributed by atoms with Gasteiger partial charge in [0.15, 0.2) is 0 Å². The molecule has 158 valence electrons. The van der Waals surface area contributed by atoms with Crippen LogP contribution in [0.25, 0.3) is 0 Å². The van der Waals surface area contributed by atoms with E-state index in [2.05, 4.69) is 46.8 Å². The Kier molecular flexibility index (Phi) is 8.31. The molecule has 2 aromatic rings. The van der Waals surface area contributed by atoms with Crippen LogP contribution in [0.15, 0.2) is 24.3 Å². The average Bonchev–Trinajstić information content (AvgIpc) is 2.66. The third-order valence-electron chi connectivity index (χ3n) is 5.66. The van der Waals surface area contributed by atoms with Gasteiger partial charge in [-0.05, 0) is 80.8 Å². The van der Waals surface area contributed by atoms with Crippen LogP contribution in [0.5, 0.6) is 5.75 Å². The van der Waals surface area contributed by atoms with E-state index in [-0.39, 0.29) is 11.7 Å². The molecule has 0 atom stereocenters. The molecule has 1 N–H and O–H groups in total. The Morgan fingerprint density at radius 3 is 1.93 bits per heavy atom. The summed E-state index contributed by atoms with van der Waals surface area (Å²) in [4.78, 5) is 15.2. The lowest BCUT2D eigenvalue weighted by molar-refractivity contribution is 0.0747. The Bertz CT molecular complexity index is 823. The van der Waals surface area contributed by atoms with Crippen LogP contribution in [-0.2, 0) is 6.42 Å². The number of aromatic hydroxyl groups is 1. The van der Waals surface area contributed by atoms with Crippen molar-refractivity contribution in [3.8, 4) is 5.75 Å². The third-order valence-corrected chi connectivity index (χ3v) is 5.66. The van der Waals surface area contributed by atoms with Crippen molar-refractivity contribution >= 4 is 5.91 Å². The molecule has 0 saturated carbocycles. The zero-order chi connectivity index (χ0) is 21.6. The predicted octanol–water partition coefficient (Wildman–Crippen LogP) is 6.26. The van der Waals surface area contributed by atoms with Crippen molar-refractivity contribution < 1.29 is 9.90 Å². The van der Waals surface area contributed by atoms with Gasteiger partial charge in [-0.25, -0.2) is 0 Å². The van der Waals surface area contributed by atoms with E-state index >= 15 is 0 Å². The number of benzene rings is 2. The fraction of sp³-hybridized carbons (Fsp3) is 0.500. The minimum Gasteiger partial charge on any atom is -0.507 e. The van der Waals surface area contributed by atoms with Crippen LogP contribution in [0.3, 0.4) is 0 Å². The van der Waals surface area contributed by atoms with E-state index in [9.17, 15) is 9.90 Å². The van der Waals surface area contributed by atoms with Gasteiger partial charge in [0.25, 0.3) is 5.91 Å². The second-order valence-corrected chi connectivity index (χ2v) is 8.36. The maximum Gasteiger partial charge on any atom is 0.257 e. The van der Waals surface area contributed by atoms with Gasteiger partial charge in [-0.15, -0.1) is 0 Å². The van der Waals surface area contributed by atoms with Gasteiger partial charge in [-0.2, -0.15) is 0 Å². The second kappa shape index (κ2) is 10.5.